The maximum Gasteiger partial charge on any atom is 0.0540 e. The largest absolute Gasteiger partial charge is 0.310 e. The number of fused-ring (bicyclic) bond motifs is 3. The molecule has 1 fully saturated rings. The van der Waals surface area contributed by atoms with Crippen molar-refractivity contribution in [1.82, 2.24) is 0 Å². The third-order valence-electron chi connectivity index (χ3n) is 10.2. The minimum Gasteiger partial charge on any atom is -0.310 e. The number of para-hydroxylation sites is 1. The molecule has 0 bridgehead atoms. The maximum atomic E-state index is 2.50. The van der Waals surface area contributed by atoms with Gasteiger partial charge in [-0.05, 0) is 88.4 Å². The fraction of sp³-hybridized carbons (Fsp3) is 0.217. The molecule has 0 unspecified atom stereocenters. The van der Waals surface area contributed by atoms with E-state index in [1.807, 2.05) is 11.3 Å². The molecule has 0 radical (unpaired) electrons. The highest BCUT2D eigenvalue weighted by atomic mass is 32.1. The Bertz CT molecular complexity index is 2190. The van der Waals surface area contributed by atoms with Crippen molar-refractivity contribution in [3.05, 3.63) is 151 Å². The van der Waals surface area contributed by atoms with Gasteiger partial charge < -0.3 is 4.90 Å². The summed E-state index contributed by atoms with van der Waals surface area (Å²) in [5, 5.41) is 2.66. The van der Waals surface area contributed by atoms with E-state index in [0.717, 1.165) is 0 Å². The monoisotopic (exact) mass is 641 g/mol. The number of hydrogen-bond donors (Lipinski definition) is 0. The first-order valence-corrected chi connectivity index (χ1v) is 18.4. The second-order valence-corrected chi connectivity index (χ2v) is 15.5. The van der Waals surface area contributed by atoms with Crippen LogP contribution in [0.1, 0.15) is 69.9 Å². The first kappa shape index (κ1) is 30.7. The molecule has 2 heteroatoms. The van der Waals surface area contributed by atoms with E-state index in [1.165, 1.54) is 103 Å². The van der Waals surface area contributed by atoms with E-state index >= 15 is 0 Å². The second-order valence-electron chi connectivity index (χ2n) is 14.4. The van der Waals surface area contributed by atoms with Crippen LogP contribution in [0.5, 0.6) is 0 Å². The smallest absolute Gasteiger partial charge is 0.0540 e. The first-order valence-electron chi connectivity index (χ1n) is 17.6. The van der Waals surface area contributed by atoms with Crippen molar-refractivity contribution in [1.29, 1.82) is 0 Å². The minimum absolute atomic E-state index is 0.0459. The Balaban J connectivity index is 1.36. The summed E-state index contributed by atoms with van der Waals surface area (Å²) >= 11 is 1.88. The molecule has 0 amide bonds. The van der Waals surface area contributed by atoms with Gasteiger partial charge in [-0.3, -0.25) is 0 Å². The zero-order valence-corrected chi connectivity index (χ0v) is 29.1. The summed E-state index contributed by atoms with van der Waals surface area (Å²) in [7, 11) is 0. The van der Waals surface area contributed by atoms with Crippen molar-refractivity contribution in [2.24, 2.45) is 0 Å². The van der Waals surface area contributed by atoms with E-state index in [0.29, 0.717) is 5.92 Å². The third-order valence-corrected chi connectivity index (χ3v) is 11.4. The minimum atomic E-state index is -0.0459. The summed E-state index contributed by atoms with van der Waals surface area (Å²) in [6.07, 6.45) is 6.68. The molecule has 8 rings (SSSR count). The number of hydrogen-bond acceptors (Lipinski definition) is 2. The van der Waals surface area contributed by atoms with Crippen molar-refractivity contribution in [3.8, 4) is 22.3 Å². The first-order chi connectivity index (χ1) is 23.5. The van der Waals surface area contributed by atoms with Crippen molar-refractivity contribution in [2.75, 3.05) is 4.90 Å². The average molecular weight is 642 g/mol. The number of anilines is 3. The van der Waals surface area contributed by atoms with Crippen LogP contribution >= 0.6 is 11.3 Å². The van der Waals surface area contributed by atoms with E-state index in [9.17, 15) is 0 Å². The molecule has 0 saturated heterocycles. The van der Waals surface area contributed by atoms with Gasteiger partial charge in [-0.25, -0.2) is 0 Å². The van der Waals surface area contributed by atoms with Gasteiger partial charge in [0.25, 0.3) is 0 Å². The normalized spacial score (nSPS) is 14.1. The van der Waals surface area contributed by atoms with E-state index in [4.69, 9.17) is 0 Å². The number of thiophene rings is 1. The van der Waals surface area contributed by atoms with Crippen molar-refractivity contribution >= 4 is 48.6 Å². The maximum absolute atomic E-state index is 2.50. The number of rotatable bonds is 6. The predicted octanol–water partition coefficient (Wildman–Crippen LogP) is 14.2. The Morgan fingerprint density at radius 2 is 1.23 bits per heavy atom. The van der Waals surface area contributed by atoms with Gasteiger partial charge in [0, 0.05) is 37.1 Å². The summed E-state index contributed by atoms with van der Waals surface area (Å²) in [6, 6.07) is 52.1. The van der Waals surface area contributed by atoms with Crippen molar-refractivity contribution in [2.45, 2.75) is 64.2 Å². The highest BCUT2D eigenvalue weighted by Crippen LogP contribution is 2.48. The van der Waals surface area contributed by atoms with Gasteiger partial charge >= 0.3 is 0 Å². The van der Waals surface area contributed by atoms with Crippen LogP contribution in [0.3, 0.4) is 0 Å². The van der Waals surface area contributed by atoms with Crippen LogP contribution in [0, 0.1) is 0 Å². The van der Waals surface area contributed by atoms with Crippen LogP contribution in [0.15, 0.2) is 140 Å². The molecule has 7 aromatic rings. The molecule has 0 N–H and O–H groups in total. The topological polar surface area (TPSA) is 3.24 Å². The Kier molecular flexibility index (Phi) is 8.14. The lowest BCUT2D eigenvalue weighted by molar-refractivity contribution is 0.443. The highest BCUT2D eigenvalue weighted by Gasteiger charge is 2.26. The van der Waals surface area contributed by atoms with Gasteiger partial charge in [0.1, 0.15) is 0 Å². The molecule has 6 aromatic carbocycles. The average Bonchev–Trinajstić information content (AvgIpc) is 3.50. The molecule has 1 saturated carbocycles. The Morgan fingerprint density at radius 1 is 0.562 bits per heavy atom. The van der Waals surface area contributed by atoms with Crippen LogP contribution in [-0.2, 0) is 5.41 Å². The summed E-state index contributed by atoms with van der Waals surface area (Å²) in [5.74, 6) is 0.676. The lowest BCUT2D eigenvalue weighted by atomic mass is 9.78. The Labute approximate surface area is 289 Å². The molecule has 0 aliphatic heterocycles. The van der Waals surface area contributed by atoms with Crippen molar-refractivity contribution in [3.63, 3.8) is 0 Å². The van der Waals surface area contributed by atoms with Gasteiger partial charge in [0.15, 0.2) is 0 Å². The molecule has 0 spiro atoms. The fourth-order valence-corrected chi connectivity index (χ4v) is 8.96. The zero-order valence-electron chi connectivity index (χ0n) is 28.2. The standard InChI is InChI=1S/C46H43NS/c1-46(2,3)41-22-14-21-37(34-17-8-5-9-18-34)45(41)40-20-10-12-23-42(40)47(35-27-25-33(26-28-35)32-15-6-4-7-16-32)36-29-30-39-38-19-11-13-24-43(38)48-44(39)31-36/h5,8-14,17-32H,4,6-7,15-16H2,1-3H3. The predicted molar refractivity (Wildman–Crippen MR) is 209 cm³/mol. The van der Waals surface area contributed by atoms with Gasteiger partial charge in [0.2, 0.25) is 0 Å². The van der Waals surface area contributed by atoms with Crippen LogP contribution in [0.2, 0.25) is 0 Å². The third kappa shape index (κ3) is 5.73. The molecule has 1 heterocycles. The Morgan fingerprint density at radius 3 is 2.02 bits per heavy atom. The van der Waals surface area contributed by atoms with Gasteiger partial charge in [-0.2, -0.15) is 0 Å². The summed E-state index contributed by atoms with van der Waals surface area (Å²) in [4.78, 5) is 2.50. The molecule has 48 heavy (non-hydrogen) atoms. The van der Waals surface area contributed by atoms with Crippen LogP contribution in [0.4, 0.5) is 17.1 Å². The SMILES string of the molecule is CC(C)(C)c1cccc(-c2ccccc2)c1-c1ccccc1N(c1ccc(C2CCCCC2)cc1)c1ccc2c(c1)sc1ccccc12. The summed E-state index contributed by atoms with van der Waals surface area (Å²) < 4.78 is 2.65. The van der Waals surface area contributed by atoms with Gasteiger partial charge in [0.05, 0.1) is 5.69 Å². The molecule has 1 aromatic heterocycles. The van der Waals surface area contributed by atoms with E-state index < -0.39 is 0 Å². The van der Waals surface area contributed by atoms with Crippen LogP contribution < -0.4 is 4.90 Å². The molecule has 0 atom stereocenters. The zero-order chi connectivity index (χ0) is 32.7. The molecular weight excluding hydrogens is 599 g/mol. The molecule has 238 valence electrons. The molecular formula is C46H43NS. The highest BCUT2D eigenvalue weighted by molar-refractivity contribution is 7.25. The summed E-state index contributed by atoms with van der Waals surface area (Å²) in [6.45, 7) is 7.00. The molecule has 1 aliphatic rings. The second kappa shape index (κ2) is 12.7. The molecule has 1 nitrogen and oxygen atoms in total. The van der Waals surface area contributed by atoms with Gasteiger partial charge in [-0.1, -0.05) is 143 Å². The number of benzene rings is 6. The lowest BCUT2D eigenvalue weighted by Crippen LogP contribution is -2.15. The van der Waals surface area contributed by atoms with E-state index in [-0.39, 0.29) is 5.41 Å². The van der Waals surface area contributed by atoms with E-state index in [2.05, 4.69) is 165 Å². The van der Waals surface area contributed by atoms with Crippen LogP contribution in [0.25, 0.3) is 42.4 Å². The van der Waals surface area contributed by atoms with Crippen molar-refractivity contribution < 1.29 is 0 Å². The summed E-state index contributed by atoms with van der Waals surface area (Å²) in [5.41, 5.74) is 11.4. The lowest BCUT2D eigenvalue weighted by Gasteiger charge is -2.31. The Hall–Kier alpha value is -4.66. The molecule has 1 aliphatic carbocycles. The van der Waals surface area contributed by atoms with Crippen LogP contribution in [-0.4, -0.2) is 0 Å². The quantitative estimate of drug-likeness (QED) is 0.175. The fourth-order valence-electron chi connectivity index (χ4n) is 7.82. The number of nitrogens with zero attached hydrogens (tertiary/aromatic N) is 1. The van der Waals surface area contributed by atoms with E-state index in [1.54, 1.807) is 0 Å². The van der Waals surface area contributed by atoms with Gasteiger partial charge in [-0.15, -0.1) is 11.3 Å².